The molecule has 1 amide bonds. The SMILES string of the molecule is CCOC(=O)c1c(NC(=O)C(C)OC(=O)c2c3c(nc4ccccc24)CCN(CC)C3)sc2c1CCc1ccccc1-2. The molecule has 4 aromatic rings. The van der Waals surface area contributed by atoms with E-state index in [-0.39, 0.29) is 6.61 Å². The van der Waals surface area contributed by atoms with Gasteiger partial charge < -0.3 is 14.8 Å². The van der Waals surface area contributed by atoms with E-state index in [2.05, 4.69) is 23.2 Å². The van der Waals surface area contributed by atoms with Crippen molar-refractivity contribution in [3.63, 3.8) is 0 Å². The summed E-state index contributed by atoms with van der Waals surface area (Å²) in [4.78, 5) is 48.3. The maximum Gasteiger partial charge on any atom is 0.341 e. The zero-order chi connectivity index (χ0) is 29.4. The van der Waals surface area contributed by atoms with Crippen molar-refractivity contribution in [2.75, 3.05) is 25.0 Å². The lowest BCUT2D eigenvalue weighted by molar-refractivity contribution is -0.123. The predicted molar refractivity (Wildman–Crippen MR) is 163 cm³/mol. The molecule has 2 aromatic carbocycles. The highest BCUT2D eigenvalue weighted by molar-refractivity contribution is 7.20. The van der Waals surface area contributed by atoms with E-state index in [0.717, 1.165) is 58.7 Å². The number of aryl methyl sites for hydroxylation is 1. The van der Waals surface area contributed by atoms with E-state index < -0.39 is 23.9 Å². The van der Waals surface area contributed by atoms with Gasteiger partial charge in [0.25, 0.3) is 5.91 Å². The molecule has 1 atom stereocenters. The van der Waals surface area contributed by atoms with Gasteiger partial charge in [0, 0.05) is 41.0 Å². The first-order valence-corrected chi connectivity index (χ1v) is 15.3. The van der Waals surface area contributed by atoms with Gasteiger partial charge in [-0.2, -0.15) is 0 Å². The molecule has 42 heavy (non-hydrogen) atoms. The van der Waals surface area contributed by atoms with Crippen molar-refractivity contribution < 1.29 is 23.9 Å². The van der Waals surface area contributed by atoms with E-state index >= 15 is 0 Å². The number of amides is 1. The number of hydrogen-bond donors (Lipinski definition) is 1. The van der Waals surface area contributed by atoms with Gasteiger partial charge in [0.15, 0.2) is 6.10 Å². The number of hydrogen-bond acceptors (Lipinski definition) is 8. The molecule has 0 saturated carbocycles. The van der Waals surface area contributed by atoms with Gasteiger partial charge >= 0.3 is 11.9 Å². The molecule has 2 aliphatic rings. The molecule has 0 saturated heterocycles. The summed E-state index contributed by atoms with van der Waals surface area (Å²) in [7, 11) is 0. The number of carbonyl (C=O) groups excluding carboxylic acids is 3. The van der Waals surface area contributed by atoms with Gasteiger partial charge in [-0.1, -0.05) is 49.4 Å². The third kappa shape index (κ3) is 5.07. The number of thiophene rings is 1. The van der Waals surface area contributed by atoms with Crippen LogP contribution in [0.25, 0.3) is 21.3 Å². The minimum absolute atomic E-state index is 0.223. The lowest BCUT2D eigenvalue weighted by Crippen LogP contribution is -2.34. The van der Waals surface area contributed by atoms with Crippen LogP contribution in [0.1, 0.15) is 63.9 Å². The molecule has 6 rings (SSSR count). The molecule has 2 aromatic heterocycles. The molecular formula is C33H33N3O5S. The first-order chi connectivity index (χ1) is 20.4. The molecule has 1 aliphatic carbocycles. The number of para-hydroxylation sites is 1. The maximum absolute atomic E-state index is 13.7. The Balaban J connectivity index is 1.29. The van der Waals surface area contributed by atoms with Crippen molar-refractivity contribution in [2.45, 2.75) is 52.7 Å². The minimum atomic E-state index is -1.10. The van der Waals surface area contributed by atoms with Crippen molar-refractivity contribution >= 4 is 45.1 Å². The summed E-state index contributed by atoms with van der Waals surface area (Å²) in [5, 5.41) is 4.01. The Kier molecular flexibility index (Phi) is 7.79. The summed E-state index contributed by atoms with van der Waals surface area (Å²) in [6.07, 6.45) is 1.11. The van der Waals surface area contributed by atoms with Gasteiger partial charge in [-0.25, -0.2) is 9.59 Å². The third-order valence-corrected chi connectivity index (χ3v) is 9.24. The van der Waals surface area contributed by atoms with Crippen LogP contribution in [0.15, 0.2) is 48.5 Å². The summed E-state index contributed by atoms with van der Waals surface area (Å²) < 4.78 is 11.2. The number of carbonyl (C=O) groups is 3. The Morgan fingerprint density at radius 3 is 2.57 bits per heavy atom. The number of rotatable bonds is 7. The summed E-state index contributed by atoms with van der Waals surface area (Å²) in [5.41, 5.74) is 6.47. The maximum atomic E-state index is 13.7. The molecule has 216 valence electrons. The first-order valence-electron chi connectivity index (χ1n) is 14.4. The van der Waals surface area contributed by atoms with Crippen LogP contribution in [-0.2, 0) is 40.1 Å². The number of nitrogens with one attached hydrogen (secondary N) is 1. The second-order valence-electron chi connectivity index (χ2n) is 10.6. The molecule has 0 radical (unpaired) electrons. The molecule has 1 N–H and O–H groups in total. The van der Waals surface area contributed by atoms with Crippen LogP contribution in [0.5, 0.6) is 0 Å². The van der Waals surface area contributed by atoms with Crippen molar-refractivity contribution in [1.29, 1.82) is 0 Å². The number of fused-ring (bicyclic) bond motifs is 5. The lowest BCUT2D eigenvalue weighted by atomic mass is 9.89. The summed E-state index contributed by atoms with van der Waals surface area (Å²) in [5.74, 6) is -1.54. The van der Waals surface area contributed by atoms with Gasteiger partial charge in [-0.15, -0.1) is 11.3 Å². The number of benzene rings is 2. The lowest BCUT2D eigenvalue weighted by Gasteiger charge is -2.29. The van der Waals surface area contributed by atoms with Gasteiger partial charge in [0.2, 0.25) is 0 Å². The van der Waals surface area contributed by atoms with E-state index in [0.29, 0.717) is 34.5 Å². The standard InChI is InChI=1S/C33H33N3O5S/c1-4-36-17-16-26-24(18-36)27(22-12-8-9-13-25(22)34-26)33(39)41-19(3)30(37)35-31-28(32(38)40-5-2)23-15-14-20-10-6-7-11-21(20)29(23)42-31/h6-13,19H,4-5,14-18H2,1-3H3,(H,35,37). The van der Waals surface area contributed by atoms with Crippen molar-refractivity contribution in [3.05, 3.63) is 82.0 Å². The Labute approximate surface area is 248 Å². The van der Waals surface area contributed by atoms with E-state index in [1.54, 1.807) is 13.8 Å². The highest BCUT2D eigenvalue weighted by Gasteiger charge is 2.32. The highest BCUT2D eigenvalue weighted by atomic mass is 32.1. The highest BCUT2D eigenvalue weighted by Crippen LogP contribution is 2.45. The Morgan fingerprint density at radius 2 is 1.76 bits per heavy atom. The van der Waals surface area contributed by atoms with Crippen LogP contribution in [0.3, 0.4) is 0 Å². The van der Waals surface area contributed by atoms with Crippen molar-refractivity contribution in [2.24, 2.45) is 0 Å². The van der Waals surface area contributed by atoms with Gasteiger partial charge in [-0.3, -0.25) is 14.7 Å². The Morgan fingerprint density at radius 1 is 0.976 bits per heavy atom. The quantitative estimate of drug-likeness (QED) is 0.275. The number of nitrogens with zero attached hydrogens (tertiary/aromatic N) is 2. The zero-order valence-corrected chi connectivity index (χ0v) is 24.8. The molecule has 0 fully saturated rings. The largest absolute Gasteiger partial charge is 0.462 e. The molecular weight excluding hydrogens is 550 g/mol. The van der Waals surface area contributed by atoms with Gasteiger partial charge in [-0.05, 0) is 56.0 Å². The Hall–Kier alpha value is -4.08. The average Bonchev–Trinajstić information content (AvgIpc) is 3.38. The molecule has 1 aliphatic heterocycles. The summed E-state index contributed by atoms with van der Waals surface area (Å²) in [6, 6.07) is 15.6. The summed E-state index contributed by atoms with van der Waals surface area (Å²) in [6.45, 7) is 7.95. The zero-order valence-electron chi connectivity index (χ0n) is 24.0. The van der Waals surface area contributed by atoms with Crippen LogP contribution in [0.4, 0.5) is 5.00 Å². The molecule has 9 heteroatoms. The fourth-order valence-corrected chi connectivity index (χ4v) is 7.18. The molecule has 0 spiro atoms. The predicted octanol–water partition coefficient (Wildman–Crippen LogP) is 5.80. The normalized spacial score (nSPS) is 14.8. The fraction of sp³-hybridized carbons (Fsp3) is 0.333. The number of esters is 2. The molecule has 3 heterocycles. The molecule has 8 nitrogen and oxygen atoms in total. The minimum Gasteiger partial charge on any atom is -0.462 e. The first kappa shape index (κ1) is 28.1. The van der Waals surface area contributed by atoms with Crippen LogP contribution >= 0.6 is 11.3 Å². The van der Waals surface area contributed by atoms with E-state index in [1.807, 2.05) is 42.5 Å². The number of aromatic nitrogens is 1. The van der Waals surface area contributed by atoms with Crippen LogP contribution < -0.4 is 5.32 Å². The molecule has 1 unspecified atom stereocenters. The van der Waals surface area contributed by atoms with Crippen LogP contribution in [0.2, 0.25) is 0 Å². The van der Waals surface area contributed by atoms with E-state index in [4.69, 9.17) is 14.5 Å². The van der Waals surface area contributed by atoms with Crippen LogP contribution in [0, 0.1) is 0 Å². The average molecular weight is 584 g/mol. The monoisotopic (exact) mass is 583 g/mol. The second-order valence-corrected chi connectivity index (χ2v) is 11.6. The summed E-state index contributed by atoms with van der Waals surface area (Å²) >= 11 is 1.36. The number of ether oxygens (including phenoxy) is 2. The fourth-order valence-electron chi connectivity index (χ4n) is 5.88. The number of likely N-dealkylation sites (N-methyl/N-ethyl adjacent to an activating group) is 1. The number of anilines is 1. The van der Waals surface area contributed by atoms with Gasteiger partial charge in [0.05, 0.1) is 23.3 Å². The Bertz CT molecular complexity index is 1710. The third-order valence-electron chi connectivity index (χ3n) is 8.06. The topological polar surface area (TPSA) is 97.8 Å². The number of pyridine rings is 1. The van der Waals surface area contributed by atoms with E-state index in [1.165, 1.54) is 16.9 Å². The van der Waals surface area contributed by atoms with Crippen molar-refractivity contribution in [1.82, 2.24) is 9.88 Å². The van der Waals surface area contributed by atoms with Crippen LogP contribution in [-0.4, -0.2) is 53.5 Å². The van der Waals surface area contributed by atoms with Crippen molar-refractivity contribution in [3.8, 4) is 10.4 Å². The molecule has 0 bridgehead atoms. The second kappa shape index (κ2) is 11.7. The smallest absolute Gasteiger partial charge is 0.341 e. The van der Waals surface area contributed by atoms with E-state index in [9.17, 15) is 14.4 Å². The van der Waals surface area contributed by atoms with Gasteiger partial charge in [0.1, 0.15) is 5.00 Å².